The first kappa shape index (κ1) is 14.5. The number of hydrazine groups is 1. The summed E-state index contributed by atoms with van der Waals surface area (Å²) in [4.78, 5) is 28.8. The molecule has 0 radical (unpaired) electrons. The quantitative estimate of drug-likeness (QED) is 0.795. The van der Waals surface area contributed by atoms with Crippen LogP contribution in [0.3, 0.4) is 0 Å². The van der Waals surface area contributed by atoms with Crippen molar-refractivity contribution in [2.45, 2.75) is 0 Å². The molecule has 1 aliphatic heterocycles. The van der Waals surface area contributed by atoms with Gasteiger partial charge in [-0.2, -0.15) is 4.68 Å². The number of aromatic amines is 1. The zero-order chi connectivity index (χ0) is 15.5. The lowest BCUT2D eigenvalue weighted by atomic mass is 10.3. The fourth-order valence-corrected chi connectivity index (χ4v) is 2.29. The van der Waals surface area contributed by atoms with Crippen molar-refractivity contribution >= 4 is 5.91 Å². The van der Waals surface area contributed by atoms with Gasteiger partial charge in [0.05, 0.1) is 5.69 Å². The van der Waals surface area contributed by atoms with Gasteiger partial charge in [-0.3, -0.25) is 15.2 Å². The number of aromatic nitrogens is 3. The summed E-state index contributed by atoms with van der Waals surface area (Å²) in [6, 6.07) is 8.97. The molecule has 0 aliphatic carbocycles. The fraction of sp³-hybridized carbons (Fsp3) is 0.357. The third-order valence-electron chi connectivity index (χ3n) is 3.60. The van der Waals surface area contributed by atoms with Gasteiger partial charge in [-0.05, 0) is 19.2 Å². The molecular formula is C14H18N6O2. The highest BCUT2D eigenvalue weighted by atomic mass is 16.2. The Bertz CT molecular complexity index is 700. The van der Waals surface area contributed by atoms with Crippen LogP contribution >= 0.6 is 0 Å². The number of hydrogen-bond donors (Lipinski definition) is 2. The molecule has 8 heteroatoms. The van der Waals surface area contributed by atoms with Crippen molar-refractivity contribution < 1.29 is 4.79 Å². The number of amides is 1. The minimum atomic E-state index is -0.435. The van der Waals surface area contributed by atoms with E-state index in [4.69, 9.17) is 0 Å². The summed E-state index contributed by atoms with van der Waals surface area (Å²) in [5.74, 6) is -0.399. The van der Waals surface area contributed by atoms with Crippen molar-refractivity contribution in [3.63, 3.8) is 0 Å². The lowest BCUT2D eigenvalue weighted by Gasteiger charge is -2.31. The maximum Gasteiger partial charge on any atom is 0.348 e. The number of likely N-dealkylation sites (N-methyl/N-ethyl adjacent to an activating group) is 1. The fourth-order valence-electron chi connectivity index (χ4n) is 2.29. The van der Waals surface area contributed by atoms with Crippen LogP contribution in [0.25, 0.3) is 5.69 Å². The number of carbonyl (C=O) groups is 1. The minimum absolute atomic E-state index is 0.00720. The predicted octanol–water partition coefficient (Wildman–Crippen LogP) is -0.547. The SMILES string of the molecule is CN1CCN(NC(=O)c2nn(-c3ccccc3)c(=O)[nH]2)CC1. The summed E-state index contributed by atoms with van der Waals surface area (Å²) < 4.78 is 1.18. The summed E-state index contributed by atoms with van der Waals surface area (Å²) in [5.41, 5.74) is 2.95. The van der Waals surface area contributed by atoms with E-state index in [1.807, 2.05) is 18.1 Å². The van der Waals surface area contributed by atoms with Crippen molar-refractivity contribution in [3.05, 3.63) is 46.6 Å². The van der Waals surface area contributed by atoms with Crippen molar-refractivity contribution in [2.24, 2.45) is 0 Å². The van der Waals surface area contributed by atoms with E-state index >= 15 is 0 Å². The smallest absolute Gasteiger partial charge is 0.304 e. The van der Waals surface area contributed by atoms with Crippen LogP contribution in [0.5, 0.6) is 0 Å². The molecule has 1 aromatic heterocycles. The summed E-state index contributed by atoms with van der Waals surface area (Å²) in [7, 11) is 2.04. The molecule has 2 N–H and O–H groups in total. The number of carbonyl (C=O) groups excluding carboxylic acids is 1. The minimum Gasteiger partial charge on any atom is -0.304 e. The molecule has 0 bridgehead atoms. The zero-order valence-electron chi connectivity index (χ0n) is 12.3. The predicted molar refractivity (Wildman–Crippen MR) is 80.7 cm³/mol. The van der Waals surface area contributed by atoms with E-state index in [1.165, 1.54) is 4.68 Å². The van der Waals surface area contributed by atoms with Gasteiger partial charge in [-0.25, -0.2) is 9.80 Å². The summed E-state index contributed by atoms with van der Waals surface area (Å²) >= 11 is 0. The Kier molecular flexibility index (Phi) is 4.03. The van der Waals surface area contributed by atoms with Gasteiger partial charge in [0.15, 0.2) is 0 Å². The van der Waals surface area contributed by atoms with E-state index in [9.17, 15) is 9.59 Å². The number of para-hydroxylation sites is 1. The topological polar surface area (TPSA) is 86.3 Å². The first-order valence-corrected chi connectivity index (χ1v) is 7.13. The van der Waals surface area contributed by atoms with Crippen molar-refractivity contribution in [2.75, 3.05) is 33.2 Å². The molecule has 1 amide bonds. The van der Waals surface area contributed by atoms with Gasteiger partial charge in [0.2, 0.25) is 5.82 Å². The molecule has 0 atom stereocenters. The molecule has 3 rings (SSSR count). The summed E-state index contributed by atoms with van der Waals surface area (Å²) in [5, 5.41) is 5.90. The largest absolute Gasteiger partial charge is 0.348 e. The molecule has 1 aliphatic rings. The van der Waals surface area contributed by atoms with E-state index in [0.29, 0.717) is 5.69 Å². The number of hydrogen-bond acceptors (Lipinski definition) is 5. The van der Waals surface area contributed by atoms with E-state index in [1.54, 1.807) is 24.3 Å². The van der Waals surface area contributed by atoms with Gasteiger partial charge in [-0.1, -0.05) is 18.2 Å². The van der Waals surface area contributed by atoms with Crippen LogP contribution < -0.4 is 11.1 Å². The molecule has 0 saturated carbocycles. The Labute approximate surface area is 127 Å². The van der Waals surface area contributed by atoms with Gasteiger partial charge < -0.3 is 4.90 Å². The second kappa shape index (κ2) is 6.12. The average molecular weight is 302 g/mol. The molecule has 1 fully saturated rings. The maximum atomic E-state index is 12.2. The number of benzene rings is 1. The molecule has 2 heterocycles. The number of nitrogens with zero attached hydrogens (tertiary/aromatic N) is 4. The number of piperazine rings is 1. The lowest BCUT2D eigenvalue weighted by molar-refractivity contribution is 0.0652. The van der Waals surface area contributed by atoms with E-state index in [2.05, 4.69) is 20.4 Å². The van der Waals surface area contributed by atoms with Gasteiger partial charge in [0, 0.05) is 26.2 Å². The van der Waals surface area contributed by atoms with Crippen molar-refractivity contribution in [1.82, 2.24) is 30.1 Å². The highest BCUT2D eigenvalue weighted by molar-refractivity contribution is 5.89. The average Bonchev–Trinajstić information content (AvgIpc) is 2.92. The Morgan fingerprint density at radius 1 is 1.18 bits per heavy atom. The van der Waals surface area contributed by atoms with Crippen LogP contribution in [0.1, 0.15) is 10.6 Å². The Morgan fingerprint density at radius 2 is 1.86 bits per heavy atom. The first-order valence-electron chi connectivity index (χ1n) is 7.13. The van der Waals surface area contributed by atoms with E-state index in [-0.39, 0.29) is 5.82 Å². The van der Waals surface area contributed by atoms with Crippen LogP contribution in [0.15, 0.2) is 35.1 Å². The third kappa shape index (κ3) is 3.07. The highest BCUT2D eigenvalue weighted by Gasteiger charge is 2.19. The Hall–Kier alpha value is -2.45. The van der Waals surface area contributed by atoms with Crippen LogP contribution in [0.4, 0.5) is 0 Å². The van der Waals surface area contributed by atoms with Gasteiger partial charge in [0.25, 0.3) is 0 Å². The Morgan fingerprint density at radius 3 is 2.55 bits per heavy atom. The van der Waals surface area contributed by atoms with Crippen LogP contribution in [0, 0.1) is 0 Å². The molecule has 22 heavy (non-hydrogen) atoms. The second-order valence-corrected chi connectivity index (χ2v) is 5.26. The van der Waals surface area contributed by atoms with Crippen LogP contribution in [-0.2, 0) is 0 Å². The normalized spacial score (nSPS) is 16.6. The van der Waals surface area contributed by atoms with Crippen molar-refractivity contribution in [1.29, 1.82) is 0 Å². The van der Waals surface area contributed by atoms with Gasteiger partial charge in [0.1, 0.15) is 0 Å². The number of nitrogens with one attached hydrogen (secondary N) is 2. The molecular weight excluding hydrogens is 284 g/mol. The molecule has 2 aromatic rings. The molecule has 0 spiro atoms. The first-order chi connectivity index (χ1) is 10.6. The van der Waals surface area contributed by atoms with Gasteiger partial charge >= 0.3 is 11.6 Å². The standard InChI is InChI=1S/C14H18N6O2/c1-18-7-9-19(10-8-18)17-13(21)12-15-14(22)20(16-12)11-5-3-2-4-6-11/h2-6H,7-10H2,1H3,(H,17,21)(H,15,16,22). The molecule has 8 nitrogen and oxygen atoms in total. The van der Waals surface area contributed by atoms with E-state index in [0.717, 1.165) is 26.2 Å². The Balaban J connectivity index is 1.73. The molecule has 1 saturated heterocycles. The second-order valence-electron chi connectivity index (χ2n) is 5.26. The maximum absolute atomic E-state index is 12.2. The molecule has 1 aromatic carbocycles. The third-order valence-corrected chi connectivity index (χ3v) is 3.60. The van der Waals surface area contributed by atoms with Crippen LogP contribution in [-0.4, -0.2) is 63.8 Å². The van der Waals surface area contributed by atoms with Gasteiger partial charge in [-0.15, -0.1) is 5.10 Å². The molecule has 0 unspecified atom stereocenters. The number of rotatable bonds is 3. The monoisotopic (exact) mass is 302 g/mol. The lowest BCUT2D eigenvalue weighted by Crippen LogP contribution is -2.52. The number of H-pyrrole nitrogens is 1. The van der Waals surface area contributed by atoms with Crippen LogP contribution in [0.2, 0.25) is 0 Å². The zero-order valence-corrected chi connectivity index (χ0v) is 12.3. The summed E-state index contributed by atoms with van der Waals surface area (Å²) in [6.45, 7) is 3.25. The van der Waals surface area contributed by atoms with Crippen molar-refractivity contribution in [3.8, 4) is 5.69 Å². The summed E-state index contributed by atoms with van der Waals surface area (Å²) in [6.07, 6.45) is 0. The highest BCUT2D eigenvalue weighted by Crippen LogP contribution is 2.02. The van der Waals surface area contributed by atoms with E-state index < -0.39 is 11.6 Å². The molecule has 116 valence electrons.